The lowest BCUT2D eigenvalue weighted by atomic mass is 9.99. The first kappa shape index (κ1) is 19.4. The molecule has 0 amide bonds. The minimum Gasteiger partial charge on any atom is -0.339 e. The molecule has 5 aromatic rings. The molecular formula is C23H24N8S. The standard InChI is InChI=1S/C23H24N8S/c1-15-6-8-30(9-7-15)13-18-14-32-23(27-18)20-12-24-22-5-4-21(29-31(20)22)26-17-2-3-19-16(10-17)11-25-28-19/h2-5,10-12,14-15H,6-9,13H2,1H3,(H,25,28)(H,26,29). The molecule has 8 nitrogen and oxygen atoms in total. The Hall–Kier alpha value is -3.30. The summed E-state index contributed by atoms with van der Waals surface area (Å²) in [5.41, 5.74) is 4.81. The second kappa shape index (κ2) is 7.99. The molecule has 32 heavy (non-hydrogen) atoms. The van der Waals surface area contributed by atoms with Crippen molar-refractivity contribution in [2.75, 3.05) is 18.4 Å². The number of nitrogens with zero attached hydrogens (tertiary/aromatic N) is 6. The first-order chi connectivity index (χ1) is 15.7. The molecule has 2 N–H and O–H groups in total. The average molecular weight is 445 g/mol. The molecule has 1 aliphatic heterocycles. The van der Waals surface area contributed by atoms with Crippen molar-refractivity contribution in [3.63, 3.8) is 0 Å². The van der Waals surface area contributed by atoms with E-state index in [9.17, 15) is 0 Å². The summed E-state index contributed by atoms with van der Waals surface area (Å²) in [7, 11) is 0. The van der Waals surface area contributed by atoms with Gasteiger partial charge in [-0.3, -0.25) is 10.00 Å². The summed E-state index contributed by atoms with van der Waals surface area (Å²) in [6, 6.07) is 9.98. The summed E-state index contributed by atoms with van der Waals surface area (Å²) in [4.78, 5) is 11.9. The number of H-pyrrole nitrogens is 1. The van der Waals surface area contributed by atoms with Crippen LogP contribution in [0.25, 0.3) is 27.3 Å². The van der Waals surface area contributed by atoms with Crippen LogP contribution in [0.3, 0.4) is 0 Å². The van der Waals surface area contributed by atoms with E-state index in [4.69, 9.17) is 10.1 Å². The maximum Gasteiger partial charge on any atom is 0.154 e. The molecule has 1 saturated heterocycles. The molecule has 5 heterocycles. The molecule has 0 atom stereocenters. The van der Waals surface area contributed by atoms with Crippen LogP contribution in [0.4, 0.5) is 11.5 Å². The Bertz CT molecular complexity index is 1380. The number of fused-ring (bicyclic) bond motifs is 2. The minimum atomic E-state index is 0.749. The zero-order chi connectivity index (χ0) is 21.5. The van der Waals surface area contributed by atoms with Crippen LogP contribution in [0.15, 0.2) is 48.1 Å². The van der Waals surface area contributed by atoms with Crippen molar-refractivity contribution in [2.45, 2.75) is 26.3 Å². The fourth-order valence-corrected chi connectivity index (χ4v) is 5.01. The van der Waals surface area contributed by atoms with Gasteiger partial charge in [0.05, 0.1) is 23.6 Å². The summed E-state index contributed by atoms with van der Waals surface area (Å²) in [5.74, 6) is 1.59. The van der Waals surface area contributed by atoms with Crippen LogP contribution in [0.2, 0.25) is 0 Å². The molecule has 0 spiro atoms. The molecule has 4 aromatic heterocycles. The first-order valence-electron chi connectivity index (χ1n) is 10.9. The van der Waals surface area contributed by atoms with Gasteiger partial charge >= 0.3 is 0 Å². The molecule has 1 aromatic carbocycles. The number of aromatic amines is 1. The van der Waals surface area contributed by atoms with Gasteiger partial charge < -0.3 is 5.32 Å². The third kappa shape index (κ3) is 3.74. The molecule has 0 radical (unpaired) electrons. The van der Waals surface area contributed by atoms with Crippen LogP contribution in [0.1, 0.15) is 25.5 Å². The molecule has 0 bridgehead atoms. The highest BCUT2D eigenvalue weighted by molar-refractivity contribution is 7.13. The molecule has 0 aliphatic carbocycles. The number of piperidine rings is 1. The molecule has 1 fully saturated rings. The Morgan fingerprint density at radius 1 is 1.16 bits per heavy atom. The number of likely N-dealkylation sites (tertiary alicyclic amines) is 1. The lowest BCUT2D eigenvalue weighted by Crippen LogP contribution is -2.32. The lowest BCUT2D eigenvalue weighted by Gasteiger charge is -2.29. The second-order valence-electron chi connectivity index (χ2n) is 8.53. The number of benzene rings is 1. The minimum absolute atomic E-state index is 0.749. The SMILES string of the molecule is CC1CCN(Cc2csc(-c3cnc4ccc(Nc5ccc6[nH]ncc6c5)nn34)n2)CC1. The number of rotatable bonds is 5. The van der Waals surface area contributed by atoms with Crippen molar-refractivity contribution < 1.29 is 0 Å². The molecule has 9 heteroatoms. The summed E-state index contributed by atoms with van der Waals surface area (Å²) >= 11 is 1.65. The summed E-state index contributed by atoms with van der Waals surface area (Å²) < 4.78 is 1.86. The fraction of sp³-hybridized carbons (Fsp3) is 0.304. The van der Waals surface area contributed by atoms with E-state index in [1.54, 1.807) is 11.3 Å². The van der Waals surface area contributed by atoms with Crippen LogP contribution in [0, 0.1) is 5.92 Å². The summed E-state index contributed by atoms with van der Waals surface area (Å²) in [6.07, 6.45) is 6.22. The van der Waals surface area contributed by atoms with Crippen LogP contribution in [-0.4, -0.2) is 47.8 Å². The van der Waals surface area contributed by atoms with Gasteiger partial charge in [0, 0.05) is 23.0 Å². The van der Waals surface area contributed by atoms with Crippen LogP contribution in [-0.2, 0) is 6.54 Å². The third-order valence-electron chi connectivity index (χ3n) is 6.11. The Morgan fingerprint density at radius 2 is 2.06 bits per heavy atom. The number of thiazole rings is 1. The van der Waals surface area contributed by atoms with Crippen LogP contribution in [0.5, 0.6) is 0 Å². The van der Waals surface area contributed by atoms with Gasteiger partial charge in [-0.05, 0) is 62.2 Å². The van der Waals surface area contributed by atoms with Crippen LogP contribution >= 0.6 is 11.3 Å². The Labute approximate surface area is 189 Å². The van der Waals surface area contributed by atoms with E-state index in [2.05, 4.69) is 37.7 Å². The van der Waals surface area contributed by atoms with Gasteiger partial charge in [0.15, 0.2) is 11.5 Å². The number of aromatic nitrogens is 6. The van der Waals surface area contributed by atoms with E-state index in [1.807, 2.05) is 47.2 Å². The number of anilines is 2. The Morgan fingerprint density at radius 3 is 2.97 bits per heavy atom. The van der Waals surface area contributed by atoms with Gasteiger partial charge in [0.25, 0.3) is 0 Å². The number of hydrogen-bond donors (Lipinski definition) is 2. The zero-order valence-electron chi connectivity index (χ0n) is 17.8. The van der Waals surface area contributed by atoms with E-state index in [1.165, 1.54) is 12.8 Å². The molecule has 0 unspecified atom stereocenters. The van der Waals surface area contributed by atoms with Gasteiger partial charge in [-0.2, -0.15) is 5.10 Å². The number of hydrogen-bond acceptors (Lipinski definition) is 7. The largest absolute Gasteiger partial charge is 0.339 e. The zero-order valence-corrected chi connectivity index (χ0v) is 18.6. The maximum absolute atomic E-state index is 4.90. The molecule has 0 saturated carbocycles. The summed E-state index contributed by atoms with van der Waals surface area (Å²) in [6.45, 7) is 5.57. The predicted octanol–water partition coefficient (Wildman–Crippen LogP) is 4.70. The van der Waals surface area contributed by atoms with Gasteiger partial charge in [-0.1, -0.05) is 6.92 Å². The normalized spacial score (nSPS) is 15.7. The molecule has 162 valence electrons. The monoisotopic (exact) mass is 444 g/mol. The fourth-order valence-electron chi connectivity index (χ4n) is 4.20. The third-order valence-corrected chi connectivity index (χ3v) is 7.02. The highest BCUT2D eigenvalue weighted by Crippen LogP contribution is 2.27. The Kier molecular flexibility index (Phi) is 4.84. The van der Waals surface area contributed by atoms with E-state index in [0.29, 0.717) is 0 Å². The van der Waals surface area contributed by atoms with Crippen molar-refractivity contribution in [3.05, 3.63) is 53.8 Å². The number of imidazole rings is 1. The van der Waals surface area contributed by atoms with Crippen molar-refractivity contribution in [1.82, 2.24) is 34.7 Å². The van der Waals surface area contributed by atoms with E-state index < -0.39 is 0 Å². The van der Waals surface area contributed by atoms with Gasteiger partial charge in [0.1, 0.15) is 10.7 Å². The van der Waals surface area contributed by atoms with Gasteiger partial charge in [0.2, 0.25) is 0 Å². The maximum atomic E-state index is 4.90. The van der Waals surface area contributed by atoms with Crippen molar-refractivity contribution in [1.29, 1.82) is 0 Å². The highest BCUT2D eigenvalue weighted by atomic mass is 32.1. The van der Waals surface area contributed by atoms with Gasteiger partial charge in [-0.25, -0.2) is 14.5 Å². The highest BCUT2D eigenvalue weighted by Gasteiger charge is 2.18. The van der Waals surface area contributed by atoms with E-state index in [-0.39, 0.29) is 0 Å². The van der Waals surface area contributed by atoms with Crippen molar-refractivity contribution in [2.24, 2.45) is 5.92 Å². The van der Waals surface area contributed by atoms with E-state index >= 15 is 0 Å². The van der Waals surface area contributed by atoms with Crippen molar-refractivity contribution in [3.8, 4) is 10.7 Å². The second-order valence-corrected chi connectivity index (χ2v) is 9.39. The summed E-state index contributed by atoms with van der Waals surface area (Å²) in [5, 5.41) is 19.4. The lowest BCUT2D eigenvalue weighted by molar-refractivity contribution is 0.184. The molecule has 1 aliphatic rings. The van der Waals surface area contributed by atoms with Crippen LogP contribution < -0.4 is 5.32 Å². The number of nitrogens with one attached hydrogen (secondary N) is 2. The molecular weight excluding hydrogens is 420 g/mol. The topological polar surface area (TPSA) is 87.0 Å². The quantitative estimate of drug-likeness (QED) is 0.408. The Balaban J connectivity index is 1.24. The first-order valence-corrected chi connectivity index (χ1v) is 11.8. The smallest absolute Gasteiger partial charge is 0.154 e. The van der Waals surface area contributed by atoms with Crippen molar-refractivity contribution >= 4 is 39.4 Å². The molecule has 6 rings (SSSR count). The average Bonchev–Trinajstić information content (AvgIpc) is 3.54. The van der Waals surface area contributed by atoms with Gasteiger partial charge in [-0.15, -0.1) is 16.4 Å². The predicted molar refractivity (Wildman–Crippen MR) is 127 cm³/mol. The van der Waals surface area contributed by atoms with E-state index in [0.717, 1.165) is 70.0 Å².